The topological polar surface area (TPSA) is 228 Å². The molecule has 0 aromatic rings. The van der Waals surface area contributed by atoms with E-state index in [-0.39, 0.29) is 18.9 Å². The van der Waals surface area contributed by atoms with E-state index in [9.17, 15) is 45.6 Å². The van der Waals surface area contributed by atoms with Crippen molar-refractivity contribution in [3.8, 4) is 0 Å². The fraction of sp³-hybridized carbons (Fsp3) is 0.769. The summed E-state index contributed by atoms with van der Waals surface area (Å²) >= 11 is 0. The lowest BCUT2D eigenvalue weighted by molar-refractivity contribution is -0.359. The molecule has 2 fully saturated rings. The minimum atomic E-state index is -1.79. The summed E-state index contributed by atoms with van der Waals surface area (Å²) in [4.78, 5) is 13.3. The quantitative estimate of drug-likeness (QED) is 0.0204. The molecule has 2 aliphatic rings. The number of rotatable bonds is 49. The van der Waals surface area contributed by atoms with Gasteiger partial charge in [-0.25, -0.2) is 0 Å². The van der Waals surface area contributed by atoms with E-state index >= 15 is 0 Å². The van der Waals surface area contributed by atoms with Gasteiger partial charge in [-0.3, -0.25) is 4.79 Å². The summed E-state index contributed by atoms with van der Waals surface area (Å²) in [6.45, 7) is 2.74. The van der Waals surface area contributed by atoms with Crippen LogP contribution in [0.15, 0.2) is 85.1 Å². The minimum Gasteiger partial charge on any atom is -0.394 e. The van der Waals surface area contributed by atoms with Gasteiger partial charge in [-0.1, -0.05) is 234 Å². The molecule has 0 aromatic heterocycles. The van der Waals surface area contributed by atoms with Gasteiger partial charge in [0.2, 0.25) is 5.91 Å². The maximum absolute atomic E-state index is 13.3. The van der Waals surface area contributed by atoms with Crippen LogP contribution in [-0.4, -0.2) is 140 Å². The number of aliphatic hydroxyl groups excluding tert-OH is 8. The van der Waals surface area contributed by atoms with Crippen LogP contribution in [0, 0.1) is 0 Å². The molecule has 0 saturated carbocycles. The van der Waals surface area contributed by atoms with Gasteiger partial charge in [0, 0.05) is 6.42 Å². The molecule has 0 spiro atoms. The van der Waals surface area contributed by atoms with Crippen molar-refractivity contribution in [1.82, 2.24) is 5.32 Å². The summed E-state index contributed by atoms with van der Waals surface area (Å²) in [6.07, 6.45) is 50.0. The molecule has 1 amide bonds. The lowest BCUT2D eigenvalue weighted by Gasteiger charge is -2.46. The number of carbonyl (C=O) groups is 1. The van der Waals surface area contributed by atoms with Crippen LogP contribution in [0.5, 0.6) is 0 Å². The third-order valence-electron chi connectivity index (χ3n) is 14.9. The van der Waals surface area contributed by atoms with Gasteiger partial charge in [0.1, 0.15) is 48.8 Å². The molecule has 0 aromatic carbocycles. The lowest BCUT2D eigenvalue weighted by atomic mass is 9.97. The van der Waals surface area contributed by atoms with Gasteiger partial charge < -0.3 is 65.1 Å². The molecule has 2 heterocycles. The smallest absolute Gasteiger partial charge is 0.220 e. The number of nitrogens with one attached hydrogen (secondary N) is 1. The Bertz CT molecular complexity index is 1650. The number of carbonyl (C=O) groups excluding carboxylic acids is 1. The van der Waals surface area contributed by atoms with Crippen molar-refractivity contribution in [3.05, 3.63) is 85.1 Å². The maximum atomic E-state index is 13.3. The number of amides is 1. The molecule has 0 bridgehead atoms. The first-order valence-corrected chi connectivity index (χ1v) is 31.3. The van der Waals surface area contributed by atoms with E-state index in [1.54, 1.807) is 0 Å². The Labute approximate surface area is 478 Å². The van der Waals surface area contributed by atoms with Crippen LogP contribution in [0.2, 0.25) is 0 Å². The Kier molecular flexibility index (Phi) is 45.5. The van der Waals surface area contributed by atoms with Crippen LogP contribution in [0.3, 0.4) is 0 Å². The number of hydrogen-bond donors (Lipinski definition) is 9. The average Bonchev–Trinajstić information content (AvgIpc) is 3.48. The van der Waals surface area contributed by atoms with Gasteiger partial charge in [0.25, 0.3) is 0 Å². The molecule has 0 radical (unpaired) electrons. The number of unbranched alkanes of at least 4 members (excludes halogenated alkanes) is 22. The summed E-state index contributed by atoms with van der Waals surface area (Å²) in [6, 6.07) is -0.841. The highest BCUT2D eigenvalue weighted by Crippen LogP contribution is 2.30. The van der Waals surface area contributed by atoms with Crippen molar-refractivity contribution in [2.75, 3.05) is 19.8 Å². The van der Waals surface area contributed by atoms with Gasteiger partial charge >= 0.3 is 0 Å². The van der Waals surface area contributed by atoms with E-state index in [4.69, 9.17) is 18.9 Å². The van der Waals surface area contributed by atoms with Gasteiger partial charge in [0.15, 0.2) is 12.6 Å². The van der Waals surface area contributed by atoms with E-state index in [2.05, 4.69) is 104 Å². The average molecular weight is 1120 g/mol. The summed E-state index contributed by atoms with van der Waals surface area (Å²) in [5.41, 5.74) is 0. The Morgan fingerprint density at radius 1 is 0.468 bits per heavy atom. The third-order valence-corrected chi connectivity index (χ3v) is 14.9. The molecule has 2 saturated heterocycles. The zero-order valence-corrected chi connectivity index (χ0v) is 49.1. The Morgan fingerprint density at radius 2 is 0.873 bits per heavy atom. The van der Waals surface area contributed by atoms with E-state index < -0.39 is 86.8 Å². The summed E-state index contributed by atoms with van der Waals surface area (Å²) in [5, 5.41) is 87.3. The van der Waals surface area contributed by atoms with Crippen LogP contribution in [-0.2, 0) is 23.7 Å². The molecule has 9 N–H and O–H groups in total. The Balaban J connectivity index is 1.72. The van der Waals surface area contributed by atoms with Crippen molar-refractivity contribution < 1.29 is 64.6 Å². The molecule has 12 atom stereocenters. The minimum absolute atomic E-state index is 0.221. The molecule has 2 rings (SSSR count). The molecule has 12 unspecified atom stereocenters. The molecule has 14 nitrogen and oxygen atoms in total. The zero-order chi connectivity index (χ0) is 57.4. The number of aliphatic hydroxyl groups is 8. The fourth-order valence-corrected chi connectivity index (χ4v) is 9.86. The SMILES string of the molecule is CC/C=C\C/C=C\C/C=C\C/C=C\C/C=C\C/C=C\C/C=C\CCCCCCCCCC(=O)NC(COC1OC(CO)C(OC2OC(CO)C(O)C(O)C2O)C(O)C1O)C(O)CCCCCCCCCCCCCCCCCC. The van der Waals surface area contributed by atoms with Crippen molar-refractivity contribution in [1.29, 1.82) is 0 Å². The first-order chi connectivity index (χ1) is 38.6. The first kappa shape index (κ1) is 72.3. The predicted octanol–water partition coefficient (Wildman–Crippen LogP) is 11.3. The van der Waals surface area contributed by atoms with E-state index in [0.29, 0.717) is 12.8 Å². The van der Waals surface area contributed by atoms with Gasteiger partial charge in [-0.15, -0.1) is 0 Å². The van der Waals surface area contributed by atoms with Crippen LogP contribution >= 0.6 is 0 Å². The molecular weight excluding hydrogens is 1000 g/mol. The maximum Gasteiger partial charge on any atom is 0.220 e. The fourth-order valence-electron chi connectivity index (χ4n) is 9.86. The number of hydrogen-bond acceptors (Lipinski definition) is 13. The number of ether oxygens (including phenoxy) is 4. The van der Waals surface area contributed by atoms with Crippen LogP contribution in [0.25, 0.3) is 0 Å². The van der Waals surface area contributed by atoms with Crippen molar-refractivity contribution in [2.45, 2.75) is 299 Å². The van der Waals surface area contributed by atoms with E-state index in [1.165, 1.54) is 83.5 Å². The largest absolute Gasteiger partial charge is 0.394 e. The monoisotopic (exact) mass is 1120 g/mol. The Morgan fingerprint density at radius 3 is 1.34 bits per heavy atom. The van der Waals surface area contributed by atoms with Crippen molar-refractivity contribution >= 4 is 5.91 Å². The molecule has 0 aliphatic carbocycles. The zero-order valence-electron chi connectivity index (χ0n) is 49.1. The van der Waals surface area contributed by atoms with E-state index in [1.807, 2.05) is 0 Å². The highest BCUT2D eigenvalue weighted by atomic mass is 16.7. The first-order valence-electron chi connectivity index (χ1n) is 31.3. The van der Waals surface area contributed by atoms with Crippen LogP contribution in [0.4, 0.5) is 0 Å². The highest BCUT2D eigenvalue weighted by molar-refractivity contribution is 5.76. The molecule has 14 heteroatoms. The molecular formula is C65H113NO13. The molecule has 79 heavy (non-hydrogen) atoms. The second kappa shape index (κ2) is 49.8. The summed E-state index contributed by atoms with van der Waals surface area (Å²) in [7, 11) is 0. The molecule has 2 aliphatic heterocycles. The summed E-state index contributed by atoms with van der Waals surface area (Å²) in [5.74, 6) is -0.221. The van der Waals surface area contributed by atoms with E-state index in [0.717, 1.165) is 109 Å². The number of allylic oxidation sites excluding steroid dienone is 14. The van der Waals surface area contributed by atoms with Crippen molar-refractivity contribution in [3.63, 3.8) is 0 Å². The predicted molar refractivity (Wildman–Crippen MR) is 318 cm³/mol. The van der Waals surface area contributed by atoms with Gasteiger partial charge in [-0.2, -0.15) is 0 Å². The second-order valence-corrected chi connectivity index (χ2v) is 21.8. The normalized spacial score (nSPS) is 25.0. The summed E-state index contributed by atoms with van der Waals surface area (Å²) < 4.78 is 22.8. The third kappa shape index (κ3) is 35.0. The van der Waals surface area contributed by atoms with Crippen molar-refractivity contribution in [2.24, 2.45) is 0 Å². The Hall–Kier alpha value is -2.83. The van der Waals surface area contributed by atoms with Gasteiger partial charge in [0.05, 0.1) is 32.0 Å². The highest BCUT2D eigenvalue weighted by Gasteiger charge is 2.51. The van der Waals surface area contributed by atoms with Gasteiger partial charge in [-0.05, 0) is 70.6 Å². The second-order valence-electron chi connectivity index (χ2n) is 21.8. The molecule has 456 valence electrons. The van der Waals surface area contributed by atoms with Crippen LogP contribution in [0.1, 0.15) is 226 Å². The lowest BCUT2D eigenvalue weighted by Crippen LogP contribution is -2.65. The standard InChI is InChI=1S/C65H113NO13/c1-3-5-7-9-11-13-15-17-19-21-22-23-24-25-26-27-28-29-30-31-32-33-35-37-39-41-43-45-47-49-57(70)66-53(54(69)48-46-44-42-40-38-36-34-20-18-16-14-12-10-8-6-4-2)52-76-64-62(75)60(73)63(56(51-68)78-64)79-65-61(74)59(72)58(71)55(50-67)77-65/h5,7,11,13,17,19,22-23,25-26,28-29,31-32,53-56,58-65,67-69,71-75H,3-4,6,8-10,12,14-16,18,20-21,24,27,30,33-52H2,1-2H3,(H,66,70)/b7-5-,13-11-,19-17-,23-22-,26-25-,29-28-,32-31-. The van der Waals surface area contributed by atoms with Crippen LogP contribution < -0.4 is 5.32 Å².